The standard InChI is InChI=1S/C31H25ClNO3P/c1-20-7-5-9-24(17-20)37(25-10-6-8-21(2)18-25)28(22-13-15-23(32)16-14-22)19-29(34)33-30(35)26-11-3-4-12-27(26)31(33)36/h3-18,28H,19H2,1-2H3/t28-/m0/s1. The molecule has 0 aliphatic carbocycles. The Balaban J connectivity index is 1.61. The van der Waals surface area contributed by atoms with Crippen LogP contribution in [0.4, 0.5) is 0 Å². The summed E-state index contributed by atoms with van der Waals surface area (Å²) in [7, 11) is -1.08. The zero-order chi connectivity index (χ0) is 26.1. The van der Waals surface area contributed by atoms with Gasteiger partial charge in [-0.3, -0.25) is 14.4 Å². The third-order valence-electron chi connectivity index (χ3n) is 6.54. The van der Waals surface area contributed by atoms with Crippen LogP contribution in [-0.2, 0) is 4.79 Å². The molecule has 4 aromatic rings. The highest BCUT2D eigenvalue weighted by Crippen LogP contribution is 2.52. The average Bonchev–Trinajstić information content (AvgIpc) is 3.14. The Morgan fingerprint density at radius 2 is 1.27 bits per heavy atom. The van der Waals surface area contributed by atoms with Gasteiger partial charge in [0.1, 0.15) is 0 Å². The van der Waals surface area contributed by atoms with Crippen LogP contribution in [0, 0.1) is 13.8 Å². The molecule has 1 heterocycles. The zero-order valence-corrected chi connectivity index (χ0v) is 22.2. The Morgan fingerprint density at radius 1 is 0.757 bits per heavy atom. The summed E-state index contributed by atoms with van der Waals surface area (Å²) in [6.45, 7) is 4.10. The molecule has 1 atom stereocenters. The van der Waals surface area contributed by atoms with Crippen molar-refractivity contribution in [3.8, 4) is 0 Å². The predicted molar refractivity (Wildman–Crippen MR) is 149 cm³/mol. The smallest absolute Gasteiger partial charge is 0.268 e. The van der Waals surface area contributed by atoms with E-state index in [-0.39, 0.29) is 23.2 Å². The fourth-order valence-electron chi connectivity index (χ4n) is 4.78. The lowest BCUT2D eigenvalue weighted by Gasteiger charge is -2.30. The van der Waals surface area contributed by atoms with Crippen LogP contribution in [0.2, 0.25) is 5.02 Å². The molecule has 0 unspecified atom stereocenters. The summed E-state index contributed by atoms with van der Waals surface area (Å²) in [4.78, 5) is 40.7. The average molecular weight is 526 g/mol. The van der Waals surface area contributed by atoms with Gasteiger partial charge in [0.05, 0.1) is 11.1 Å². The van der Waals surface area contributed by atoms with E-state index >= 15 is 0 Å². The highest BCUT2D eigenvalue weighted by molar-refractivity contribution is 7.73. The Hall–Kier alpha value is -3.59. The number of rotatable bonds is 6. The molecule has 3 amide bonds. The molecule has 0 bridgehead atoms. The number of hydrogen-bond donors (Lipinski definition) is 0. The fourth-order valence-corrected chi connectivity index (χ4v) is 7.91. The van der Waals surface area contributed by atoms with Crippen molar-refractivity contribution < 1.29 is 14.4 Å². The van der Waals surface area contributed by atoms with Crippen molar-refractivity contribution in [1.29, 1.82) is 0 Å². The van der Waals surface area contributed by atoms with Crippen LogP contribution in [0.5, 0.6) is 0 Å². The van der Waals surface area contributed by atoms with Gasteiger partial charge in [0.2, 0.25) is 5.91 Å². The number of imide groups is 3. The number of halogens is 1. The first-order chi connectivity index (χ1) is 17.8. The van der Waals surface area contributed by atoms with Crippen LogP contribution in [0.15, 0.2) is 97.1 Å². The number of amides is 3. The molecule has 5 rings (SSSR count). The van der Waals surface area contributed by atoms with Crippen molar-refractivity contribution in [3.63, 3.8) is 0 Å². The Morgan fingerprint density at radius 3 is 1.76 bits per heavy atom. The summed E-state index contributed by atoms with van der Waals surface area (Å²) < 4.78 is 0. The molecule has 0 saturated heterocycles. The number of nitrogens with zero attached hydrogens (tertiary/aromatic N) is 1. The summed E-state index contributed by atoms with van der Waals surface area (Å²) in [5.74, 6) is -1.62. The van der Waals surface area contributed by atoms with Gasteiger partial charge in [-0.2, -0.15) is 0 Å². The summed E-state index contributed by atoms with van der Waals surface area (Å²) in [5, 5.41) is 2.84. The van der Waals surface area contributed by atoms with Gasteiger partial charge in [0, 0.05) is 17.1 Å². The molecular weight excluding hydrogens is 501 g/mol. The van der Waals surface area contributed by atoms with Gasteiger partial charge in [-0.15, -0.1) is 0 Å². The highest BCUT2D eigenvalue weighted by atomic mass is 35.5. The Bertz CT molecular complexity index is 1430. The van der Waals surface area contributed by atoms with Gasteiger partial charge >= 0.3 is 0 Å². The van der Waals surface area contributed by atoms with E-state index in [2.05, 4.69) is 50.2 Å². The maximum absolute atomic E-state index is 13.8. The number of carbonyl (C=O) groups is 3. The maximum Gasteiger partial charge on any atom is 0.268 e. The first-order valence-electron chi connectivity index (χ1n) is 12.0. The van der Waals surface area contributed by atoms with Crippen LogP contribution in [-0.4, -0.2) is 22.6 Å². The second kappa shape index (κ2) is 10.4. The van der Waals surface area contributed by atoms with Gasteiger partial charge in [-0.25, -0.2) is 4.90 Å². The van der Waals surface area contributed by atoms with E-state index in [1.807, 2.05) is 36.4 Å². The summed E-state index contributed by atoms with van der Waals surface area (Å²) >= 11 is 6.21. The minimum absolute atomic E-state index is 0.000683. The number of carbonyl (C=O) groups excluding carboxylic acids is 3. The Labute approximate surface area is 222 Å². The third-order valence-corrected chi connectivity index (χ3v) is 9.56. The molecule has 37 heavy (non-hydrogen) atoms. The monoisotopic (exact) mass is 525 g/mol. The van der Waals surface area contributed by atoms with E-state index in [1.165, 1.54) is 0 Å². The van der Waals surface area contributed by atoms with Gasteiger partial charge in [-0.05, 0) is 62.2 Å². The first kappa shape index (κ1) is 25.1. The van der Waals surface area contributed by atoms with E-state index in [1.54, 1.807) is 24.3 Å². The highest BCUT2D eigenvalue weighted by Gasteiger charge is 2.41. The van der Waals surface area contributed by atoms with E-state index in [4.69, 9.17) is 11.6 Å². The first-order valence-corrected chi connectivity index (χ1v) is 13.8. The summed E-state index contributed by atoms with van der Waals surface area (Å²) in [6.07, 6.45) is 0.000683. The normalized spacial score (nSPS) is 13.7. The van der Waals surface area contributed by atoms with Crippen molar-refractivity contribution in [2.24, 2.45) is 0 Å². The number of fused-ring (bicyclic) bond motifs is 1. The number of aryl methyl sites for hydroxylation is 2. The molecule has 6 heteroatoms. The fraction of sp³-hybridized carbons (Fsp3) is 0.129. The largest absolute Gasteiger partial charge is 0.274 e. The lowest BCUT2D eigenvalue weighted by Crippen LogP contribution is -2.37. The third kappa shape index (κ3) is 5.00. The van der Waals surface area contributed by atoms with Crippen LogP contribution in [0.3, 0.4) is 0 Å². The van der Waals surface area contributed by atoms with E-state index in [0.717, 1.165) is 32.2 Å². The molecule has 0 fully saturated rings. The van der Waals surface area contributed by atoms with Crippen molar-refractivity contribution in [1.82, 2.24) is 4.90 Å². The quantitative estimate of drug-likeness (QED) is 0.218. The molecule has 0 radical (unpaired) electrons. The molecule has 1 aliphatic heterocycles. The van der Waals surface area contributed by atoms with Crippen LogP contribution >= 0.6 is 19.5 Å². The van der Waals surface area contributed by atoms with E-state index < -0.39 is 25.6 Å². The molecule has 0 aromatic heterocycles. The summed E-state index contributed by atoms with van der Waals surface area (Å²) in [5.41, 5.74) is 3.43. The lowest BCUT2D eigenvalue weighted by molar-refractivity contribution is -0.126. The van der Waals surface area contributed by atoms with Gasteiger partial charge < -0.3 is 0 Å². The van der Waals surface area contributed by atoms with E-state index in [9.17, 15) is 14.4 Å². The molecular formula is C31H25ClNO3P. The van der Waals surface area contributed by atoms with Crippen molar-refractivity contribution in [2.45, 2.75) is 25.9 Å². The molecule has 4 nitrogen and oxygen atoms in total. The second-order valence-electron chi connectivity index (χ2n) is 9.20. The molecule has 0 saturated carbocycles. The molecule has 4 aromatic carbocycles. The molecule has 0 N–H and O–H groups in total. The van der Waals surface area contributed by atoms with Crippen molar-refractivity contribution in [2.75, 3.05) is 0 Å². The summed E-state index contributed by atoms with van der Waals surface area (Å²) in [6, 6.07) is 30.7. The van der Waals surface area contributed by atoms with Crippen LogP contribution < -0.4 is 10.6 Å². The van der Waals surface area contributed by atoms with Crippen LogP contribution in [0.1, 0.15) is 49.5 Å². The van der Waals surface area contributed by atoms with Crippen molar-refractivity contribution >= 4 is 47.9 Å². The lowest BCUT2D eigenvalue weighted by atomic mass is 10.1. The SMILES string of the molecule is Cc1cccc(P(c2cccc(C)c2)[C@@H](CC(=O)N2C(=O)c3ccccc3C2=O)c2ccc(Cl)cc2)c1. The van der Waals surface area contributed by atoms with Crippen LogP contribution in [0.25, 0.3) is 0 Å². The maximum atomic E-state index is 13.8. The predicted octanol–water partition coefficient (Wildman–Crippen LogP) is 6.34. The van der Waals surface area contributed by atoms with Gasteiger partial charge in [0.25, 0.3) is 11.8 Å². The molecule has 184 valence electrons. The minimum Gasteiger partial charge on any atom is -0.274 e. The molecule has 1 aliphatic rings. The number of hydrogen-bond acceptors (Lipinski definition) is 3. The topological polar surface area (TPSA) is 54.5 Å². The van der Waals surface area contributed by atoms with E-state index in [0.29, 0.717) is 5.02 Å². The molecule has 0 spiro atoms. The number of benzene rings is 4. The van der Waals surface area contributed by atoms with Crippen molar-refractivity contribution in [3.05, 3.63) is 130 Å². The zero-order valence-electron chi connectivity index (χ0n) is 20.5. The second-order valence-corrected chi connectivity index (χ2v) is 12.0. The van der Waals surface area contributed by atoms with Gasteiger partial charge in [0.15, 0.2) is 0 Å². The Kier molecular flexibility index (Phi) is 7.06. The van der Waals surface area contributed by atoms with Gasteiger partial charge in [-0.1, -0.05) is 95.5 Å². The minimum atomic E-state index is -1.08.